The Hall–Kier alpha value is -0.610. The fraction of sp³-hybridized carbons (Fsp3) is 0.917. The summed E-state index contributed by atoms with van der Waals surface area (Å²) in [7, 11) is 2.12. The van der Waals surface area contributed by atoms with Gasteiger partial charge >= 0.3 is 0 Å². The summed E-state index contributed by atoms with van der Waals surface area (Å²) in [6.45, 7) is 9.74. The molecule has 0 aromatic heterocycles. The van der Waals surface area contributed by atoms with E-state index in [9.17, 15) is 4.79 Å². The number of nitrogens with zero attached hydrogens (tertiary/aromatic N) is 2. The van der Waals surface area contributed by atoms with Gasteiger partial charge in [0.15, 0.2) is 0 Å². The first-order valence-corrected chi connectivity index (χ1v) is 5.99. The van der Waals surface area contributed by atoms with E-state index >= 15 is 0 Å². The molecule has 0 aromatic carbocycles. The van der Waals surface area contributed by atoms with Gasteiger partial charge in [0.1, 0.15) is 0 Å². The maximum Gasteiger partial charge on any atom is 0.224 e. The molecule has 1 heterocycles. The van der Waals surface area contributed by atoms with E-state index in [2.05, 4.69) is 25.8 Å². The monoisotopic (exact) mass is 227 g/mol. The maximum atomic E-state index is 12.0. The molecule has 94 valence electrons. The van der Waals surface area contributed by atoms with Crippen LogP contribution in [0.1, 0.15) is 34.1 Å². The normalized spacial score (nSPS) is 28.2. The van der Waals surface area contributed by atoms with Crippen LogP contribution in [-0.4, -0.2) is 53.5 Å². The van der Waals surface area contributed by atoms with Crippen LogP contribution >= 0.6 is 0 Å². The Kier molecular flexibility index (Phi) is 3.97. The van der Waals surface area contributed by atoms with E-state index in [1.807, 2.05) is 18.7 Å². The molecule has 1 aliphatic rings. The minimum absolute atomic E-state index is 0.180. The minimum atomic E-state index is -0.410. The van der Waals surface area contributed by atoms with E-state index in [1.54, 1.807) is 0 Å². The van der Waals surface area contributed by atoms with Crippen molar-refractivity contribution in [1.29, 1.82) is 0 Å². The second-order valence-corrected chi connectivity index (χ2v) is 5.83. The van der Waals surface area contributed by atoms with Crippen molar-refractivity contribution in [3.63, 3.8) is 0 Å². The molecule has 2 unspecified atom stereocenters. The molecule has 0 radical (unpaired) electrons. The van der Waals surface area contributed by atoms with E-state index in [1.165, 1.54) is 0 Å². The van der Waals surface area contributed by atoms with Crippen LogP contribution in [-0.2, 0) is 4.79 Å². The number of rotatable bonds is 2. The topological polar surface area (TPSA) is 49.6 Å². The standard InChI is InChI=1S/C12H25N3O/c1-9-7-15(8-10(2)14(9)5)11(16)6-12(3,4)13/h9-10H,6-8,13H2,1-5H3. The lowest BCUT2D eigenvalue weighted by Crippen LogP contribution is -2.57. The lowest BCUT2D eigenvalue weighted by Gasteiger charge is -2.43. The van der Waals surface area contributed by atoms with Crippen molar-refractivity contribution in [2.75, 3.05) is 20.1 Å². The molecule has 4 nitrogen and oxygen atoms in total. The summed E-state index contributed by atoms with van der Waals surface area (Å²) in [5.41, 5.74) is 5.47. The smallest absolute Gasteiger partial charge is 0.224 e. The molecule has 4 heteroatoms. The average Bonchev–Trinajstić information content (AvgIpc) is 2.10. The highest BCUT2D eigenvalue weighted by molar-refractivity contribution is 5.77. The average molecular weight is 227 g/mol. The van der Waals surface area contributed by atoms with Crippen LogP contribution in [0.3, 0.4) is 0 Å². The molecule has 2 atom stereocenters. The zero-order valence-electron chi connectivity index (χ0n) is 11.2. The fourth-order valence-electron chi connectivity index (χ4n) is 2.11. The molecule has 0 bridgehead atoms. The number of amides is 1. The Labute approximate surface area is 98.8 Å². The minimum Gasteiger partial charge on any atom is -0.340 e. The summed E-state index contributed by atoms with van der Waals surface area (Å²) in [6.07, 6.45) is 0.427. The van der Waals surface area contributed by atoms with Crippen LogP contribution in [0.2, 0.25) is 0 Å². The third kappa shape index (κ3) is 3.46. The summed E-state index contributed by atoms with van der Waals surface area (Å²) in [6, 6.07) is 0.849. The molecule has 1 amide bonds. The molecule has 1 fully saturated rings. The number of piperazine rings is 1. The maximum absolute atomic E-state index is 12.0. The van der Waals surface area contributed by atoms with Crippen LogP contribution in [0.25, 0.3) is 0 Å². The van der Waals surface area contributed by atoms with Crippen molar-refractivity contribution >= 4 is 5.91 Å². The van der Waals surface area contributed by atoms with Crippen LogP contribution in [0, 0.1) is 0 Å². The molecule has 0 aliphatic carbocycles. The van der Waals surface area contributed by atoms with Crippen molar-refractivity contribution in [1.82, 2.24) is 9.80 Å². The van der Waals surface area contributed by atoms with Gasteiger partial charge in [-0.05, 0) is 34.7 Å². The second kappa shape index (κ2) is 4.72. The van der Waals surface area contributed by atoms with Crippen molar-refractivity contribution in [2.45, 2.75) is 51.7 Å². The molecular formula is C12H25N3O. The van der Waals surface area contributed by atoms with Gasteiger partial charge in [-0.2, -0.15) is 0 Å². The molecule has 1 aliphatic heterocycles. The summed E-state index contributed by atoms with van der Waals surface area (Å²) in [5.74, 6) is 0.180. The quantitative estimate of drug-likeness (QED) is 0.754. The van der Waals surface area contributed by atoms with Gasteiger partial charge < -0.3 is 10.6 Å². The van der Waals surface area contributed by atoms with Crippen molar-refractivity contribution in [3.05, 3.63) is 0 Å². The summed E-state index contributed by atoms with van der Waals surface area (Å²) >= 11 is 0. The number of carbonyl (C=O) groups excluding carboxylic acids is 1. The highest BCUT2D eigenvalue weighted by Crippen LogP contribution is 2.16. The Morgan fingerprint density at radius 2 is 1.75 bits per heavy atom. The number of carbonyl (C=O) groups is 1. The summed E-state index contributed by atoms with van der Waals surface area (Å²) in [4.78, 5) is 16.3. The molecule has 16 heavy (non-hydrogen) atoms. The van der Waals surface area contributed by atoms with Gasteiger partial charge in [0.25, 0.3) is 0 Å². The summed E-state index contributed by atoms with van der Waals surface area (Å²) < 4.78 is 0. The van der Waals surface area contributed by atoms with Crippen LogP contribution in [0.5, 0.6) is 0 Å². The number of nitrogens with two attached hydrogens (primary N) is 1. The lowest BCUT2D eigenvalue weighted by atomic mass is 10.0. The SMILES string of the molecule is CC1CN(C(=O)CC(C)(C)N)CC(C)N1C. The van der Waals surface area contributed by atoms with Crippen LogP contribution < -0.4 is 5.73 Å². The molecular weight excluding hydrogens is 202 g/mol. The van der Waals surface area contributed by atoms with Gasteiger partial charge in [-0.25, -0.2) is 0 Å². The second-order valence-electron chi connectivity index (χ2n) is 5.83. The molecule has 0 saturated carbocycles. The largest absolute Gasteiger partial charge is 0.340 e. The van der Waals surface area contributed by atoms with Crippen molar-refractivity contribution in [2.24, 2.45) is 5.73 Å². The van der Waals surface area contributed by atoms with Gasteiger partial charge in [-0.15, -0.1) is 0 Å². The molecule has 1 rings (SSSR count). The van der Waals surface area contributed by atoms with Crippen LogP contribution in [0.15, 0.2) is 0 Å². The van der Waals surface area contributed by atoms with E-state index in [0.29, 0.717) is 18.5 Å². The first-order valence-electron chi connectivity index (χ1n) is 5.99. The number of hydrogen-bond acceptors (Lipinski definition) is 3. The van der Waals surface area contributed by atoms with Crippen LogP contribution in [0.4, 0.5) is 0 Å². The van der Waals surface area contributed by atoms with Gasteiger partial charge in [0, 0.05) is 37.1 Å². The van der Waals surface area contributed by atoms with E-state index in [-0.39, 0.29) is 5.91 Å². The lowest BCUT2D eigenvalue weighted by molar-refractivity contribution is -0.136. The van der Waals surface area contributed by atoms with Gasteiger partial charge in [-0.1, -0.05) is 0 Å². The zero-order chi connectivity index (χ0) is 12.5. The Morgan fingerprint density at radius 1 is 1.31 bits per heavy atom. The van der Waals surface area contributed by atoms with E-state index in [0.717, 1.165) is 13.1 Å². The molecule has 0 aromatic rings. The number of likely N-dealkylation sites (N-methyl/N-ethyl adjacent to an activating group) is 1. The highest BCUT2D eigenvalue weighted by atomic mass is 16.2. The predicted molar refractivity (Wildman–Crippen MR) is 66.2 cm³/mol. The fourth-order valence-corrected chi connectivity index (χ4v) is 2.11. The Balaban J connectivity index is 2.58. The number of hydrogen-bond donors (Lipinski definition) is 1. The zero-order valence-corrected chi connectivity index (χ0v) is 11.2. The van der Waals surface area contributed by atoms with E-state index < -0.39 is 5.54 Å². The van der Waals surface area contributed by atoms with E-state index in [4.69, 9.17) is 5.73 Å². The Bertz CT molecular complexity index is 247. The van der Waals surface area contributed by atoms with Crippen molar-refractivity contribution in [3.8, 4) is 0 Å². The molecule has 1 saturated heterocycles. The highest BCUT2D eigenvalue weighted by Gasteiger charge is 2.30. The predicted octanol–water partition coefficient (Wildman–Crippen LogP) is 0.665. The third-order valence-corrected chi connectivity index (χ3v) is 3.32. The first-order chi connectivity index (χ1) is 7.20. The van der Waals surface area contributed by atoms with Gasteiger partial charge in [-0.3, -0.25) is 9.69 Å². The van der Waals surface area contributed by atoms with Gasteiger partial charge in [0.2, 0.25) is 5.91 Å². The molecule has 2 N–H and O–H groups in total. The Morgan fingerprint density at radius 3 is 2.12 bits per heavy atom. The summed E-state index contributed by atoms with van der Waals surface area (Å²) in [5, 5.41) is 0. The third-order valence-electron chi connectivity index (χ3n) is 3.32. The van der Waals surface area contributed by atoms with Crippen molar-refractivity contribution < 1.29 is 4.79 Å². The van der Waals surface area contributed by atoms with Gasteiger partial charge in [0.05, 0.1) is 0 Å². The first kappa shape index (κ1) is 13.5. The molecule has 0 spiro atoms.